The van der Waals surface area contributed by atoms with Crippen molar-refractivity contribution in [2.75, 3.05) is 22.8 Å². The van der Waals surface area contributed by atoms with Crippen LogP contribution in [-0.4, -0.2) is 43.5 Å². The first-order chi connectivity index (χ1) is 16.0. The lowest BCUT2D eigenvalue weighted by Gasteiger charge is -2.33. The van der Waals surface area contributed by atoms with Crippen molar-refractivity contribution in [3.05, 3.63) is 40.7 Å². The second kappa shape index (κ2) is 8.98. The summed E-state index contributed by atoms with van der Waals surface area (Å²) in [5.74, 6) is 0. The summed E-state index contributed by atoms with van der Waals surface area (Å²) >= 11 is 0. The summed E-state index contributed by atoms with van der Waals surface area (Å²) in [5, 5.41) is 20.1. The fourth-order valence-electron chi connectivity index (χ4n) is 5.34. The van der Waals surface area contributed by atoms with Crippen LogP contribution in [0.1, 0.15) is 54.9 Å². The van der Waals surface area contributed by atoms with Gasteiger partial charge < -0.3 is 15.2 Å². The van der Waals surface area contributed by atoms with Gasteiger partial charge in [0.2, 0.25) is 0 Å². The van der Waals surface area contributed by atoms with Crippen LogP contribution >= 0.6 is 0 Å². The highest BCUT2D eigenvalue weighted by Gasteiger charge is 2.33. The molecule has 2 heterocycles. The van der Waals surface area contributed by atoms with Crippen molar-refractivity contribution in [1.29, 1.82) is 0 Å². The van der Waals surface area contributed by atoms with Crippen LogP contribution in [0.25, 0.3) is 0 Å². The third-order valence-corrected chi connectivity index (χ3v) is 8.28. The van der Waals surface area contributed by atoms with Gasteiger partial charge in [-0.15, -0.1) is 4.40 Å². The molecule has 10 heteroatoms. The second-order valence-electron chi connectivity index (χ2n) is 8.93. The van der Waals surface area contributed by atoms with E-state index in [1.165, 1.54) is 21.6 Å². The third kappa shape index (κ3) is 4.33. The highest BCUT2D eigenvalue weighted by atomic mass is 32.2. The maximum atomic E-state index is 13.4. The van der Waals surface area contributed by atoms with Gasteiger partial charge in [-0.3, -0.25) is 4.68 Å². The SMILES string of the molecule is CCn1cc(N(C2CCOCC2)S(=O)(=O)/N=C(\[O-])Nc2c3c(cc4c2CCC4)CCC3)cn1. The van der Waals surface area contributed by atoms with E-state index in [1.54, 1.807) is 10.9 Å². The summed E-state index contributed by atoms with van der Waals surface area (Å²) in [6, 6.07) is 1.09. The first-order valence-electron chi connectivity index (χ1n) is 11.8. The van der Waals surface area contributed by atoms with E-state index in [0.717, 1.165) is 55.3 Å². The average molecular weight is 473 g/mol. The Balaban J connectivity index is 1.48. The van der Waals surface area contributed by atoms with Gasteiger partial charge in [-0.1, -0.05) is 6.07 Å². The lowest BCUT2D eigenvalue weighted by Crippen LogP contribution is -2.44. The summed E-state index contributed by atoms with van der Waals surface area (Å²) in [4.78, 5) is 0. The number of hydrogen-bond donors (Lipinski definition) is 1. The zero-order valence-corrected chi connectivity index (χ0v) is 19.7. The van der Waals surface area contributed by atoms with E-state index in [9.17, 15) is 13.5 Å². The number of hydrogen-bond acceptors (Lipinski definition) is 5. The Bertz CT molecular complexity index is 1140. The highest BCUT2D eigenvalue weighted by Crippen LogP contribution is 2.38. The van der Waals surface area contributed by atoms with Crippen LogP contribution in [0.3, 0.4) is 0 Å². The number of amidine groups is 1. The van der Waals surface area contributed by atoms with Crippen LogP contribution in [0.2, 0.25) is 0 Å². The number of nitrogens with one attached hydrogen (secondary N) is 1. The zero-order chi connectivity index (χ0) is 23.0. The van der Waals surface area contributed by atoms with E-state index >= 15 is 0 Å². The van der Waals surface area contributed by atoms with Crippen molar-refractivity contribution < 1.29 is 18.3 Å². The molecule has 2 aromatic rings. The Morgan fingerprint density at radius 3 is 2.48 bits per heavy atom. The van der Waals surface area contributed by atoms with E-state index in [1.807, 2.05) is 6.92 Å². The second-order valence-corrected chi connectivity index (χ2v) is 10.4. The molecule has 1 aromatic carbocycles. The van der Waals surface area contributed by atoms with Crippen molar-refractivity contribution in [1.82, 2.24) is 9.78 Å². The van der Waals surface area contributed by atoms with Gasteiger partial charge in [0.1, 0.15) is 0 Å². The average Bonchev–Trinajstić information content (AvgIpc) is 3.54. The Hall–Kier alpha value is -2.59. The molecule has 178 valence electrons. The number of benzene rings is 1. The summed E-state index contributed by atoms with van der Waals surface area (Å²) in [6.07, 6.45) is 10.2. The van der Waals surface area contributed by atoms with Crippen molar-refractivity contribution >= 4 is 27.6 Å². The molecule has 1 N–H and O–H groups in total. The first-order valence-corrected chi connectivity index (χ1v) is 13.2. The van der Waals surface area contributed by atoms with Crippen molar-refractivity contribution in [2.24, 2.45) is 4.40 Å². The smallest absolute Gasteiger partial charge is 0.345 e. The van der Waals surface area contributed by atoms with E-state index in [4.69, 9.17) is 4.74 Å². The van der Waals surface area contributed by atoms with Crippen molar-refractivity contribution in [3.8, 4) is 0 Å². The minimum atomic E-state index is -4.28. The summed E-state index contributed by atoms with van der Waals surface area (Å²) in [6.45, 7) is 3.47. The Labute approximate surface area is 194 Å². The lowest BCUT2D eigenvalue weighted by atomic mass is 9.99. The molecule has 0 saturated carbocycles. The molecular formula is C23H30N5O4S-. The molecule has 0 radical (unpaired) electrons. The number of aryl methyl sites for hydroxylation is 3. The molecule has 0 bridgehead atoms. The van der Waals surface area contributed by atoms with Crippen LogP contribution in [0, 0.1) is 0 Å². The molecule has 3 aliphatic rings. The van der Waals surface area contributed by atoms with E-state index in [0.29, 0.717) is 38.3 Å². The van der Waals surface area contributed by atoms with Gasteiger partial charge in [0, 0.05) is 31.6 Å². The number of nitrogens with zero attached hydrogens (tertiary/aromatic N) is 4. The summed E-state index contributed by atoms with van der Waals surface area (Å²) < 4.78 is 38.9. The predicted molar refractivity (Wildman–Crippen MR) is 125 cm³/mol. The molecule has 1 fully saturated rings. The molecule has 1 aromatic heterocycles. The fourth-order valence-corrected chi connectivity index (χ4v) is 6.63. The number of ether oxygens (including phenoxy) is 1. The normalized spacial score (nSPS) is 18.9. The molecule has 5 rings (SSSR count). The van der Waals surface area contributed by atoms with Gasteiger partial charge >= 0.3 is 10.2 Å². The molecule has 1 saturated heterocycles. The lowest BCUT2D eigenvalue weighted by molar-refractivity contribution is -0.213. The monoisotopic (exact) mass is 472 g/mol. The van der Waals surface area contributed by atoms with Crippen molar-refractivity contribution in [2.45, 2.75) is 70.9 Å². The molecule has 0 atom stereocenters. The van der Waals surface area contributed by atoms with E-state index in [2.05, 4.69) is 20.9 Å². The molecule has 0 spiro atoms. The molecule has 0 amide bonds. The van der Waals surface area contributed by atoms with Gasteiger partial charge in [0.05, 0.1) is 23.9 Å². The van der Waals surface area contributed by atoms with E-state index < -0.39 is 16.2 Å². The van der Waals surface area contributed by atoms with Crippen LogP contribution in [0.5, 0.6) is 0 Å². The maximum absolute atomic E-state index is 13.4. The van der Waals surface area contributed by atoms with Crippen LogP contribution in [-0.2, 0) is 47.2 Å². The largest absolute Gasteiger partial charge is 0.845 e. The Morgan fingerprint density at radius 2 is 1.88 bits per heavy atom. The predicted octanol–water partition coefficient (Wildman–Crippen LogP) is 1.94. The van der Waals surface area contributed by atoms with Gasteiger partial charge in [-0.05, 0) is 80.5 Å². The van der Waals surface area contributed by atoms with Crippen LogP contribution < -0.4 is 14.7 Å². The first kappa shape index (κ1) is 22.2. The Kier molecular flexibility index (Phi) is 6.05. The maximum Gasteiger partial charge on any atom is 0.345 e. The molecule has 1 aliphatic heterocycles. The summed E-state index contributed by atoms with van der Waals surface area (Å²) in [7, 11) is -4.28. The molecule has 33 heavy (non-hydrogen) atoms. The molecule has 9 nitrogen and oxygen atoms in total. The van der Waals surface area contributed by atoms with Gasteiger partial charge in [-0.25, -0.2) is 4.31 Å². The fraction of sp³-hybridized carbons (Fsp3) is 0.565. The zero-order valence-electron chi connectivity index (χ0n) is 18.9. The van der Waals surface area contributed by atoms with Crippen molar-refractivity contribution in [3.63, 3.8) is 0 Å². The van der Waals surface area contributed by atoms with Gasteiger partial charge in [0.25, 0.3) is 0 Å². The molecule has 2 aliphatic carbocycles. The molecule has 0 unspecified atom stereocenters. The quantitative estimate of drug-likeness (QED) is 0.508. The topological polar surface area (TPSA) is 112 Å². The summed E-state index contributed by atoms with van der Waals surface area (Å²) in [5.41, 5.74) is 6.03. The van der Waals surface area contributed by atoms with Gasteiger partial charge in [0.15, 0.2) is 0 Å². The van der Waals surface area contributed by atoms with Crippen LogP contribution in [0.4, 0.5) is 11.4 Å². The van der Waals surface area contributed by atoms with Crippen LogP contribution in [0.15, 0.2) is 22.9 Å². The third-order valence-electron chi connectivity index (χ3n) is 6.87. The number of fused-ring (bicyclic) bond motifs is 2. The number of aromatic nitrogens is 2. The minimum absolute atomic E-state index is 0.333. The minimum Gasteiger partial charge on any atom is -0.845 e. The molecular weight excluding hydrogens is 442 g/mol. The highest BCUT2D eigenvalue weighted by molar-refractivity contribution is 7.91. The number of rotatable bonds is 6. The van der Waals surface area contributed by atoms with Gasteiger partial charge in [-0.2, -0.15) is 13.5 Å². The Morgan fingerprint density at radius 1 is 1.21 bits per heavy atom. The van der Waals surface area contributed by atoms with E-state index in [-0.39, 0.29) is 6.04 Å². The standard InChI is InChI=1S/C23H31N5O4S/c1-2-27-15-19(14-24-27)28(18-9-11-32-12-10-18)33(30,31)26-23(29)25-22-20-7-3-5-16(20)13-17-6-4-8-21(17)22/h13-15,18H,2-12H2,1H3,(H2,25,26,29)/p-1. The number of anilines is 2.